The van der Waals surface area contributed by atoms with Crippen molar-refractivity contribution >= 4 is 17.5 Å². The molecule has 29 heavy (non-hydrogen) atoms. The molecule has 9 heteroatoms. The number of benzene rings is 2. The molecule has 6 nitrogen and oxygen atoms in total. The van der Waals surface area contributed by atoms with E-state index >= 15 is 0 Å². The summed E-state index contributed by atoms with van der Waals surface area (Å²) in [5.74, 6) is -0.557. The summed E-state index contributed by atoms with van der Waals surface area (Å²) in [6.07, 6.45) is -5.34. The van der Waals surface area contributed by atoms with Gasteiger partial charge in [0, 0.05) is 6.54 Å². The minimum absolute atomic E-state index is 0.000695. The van der Waals surface area contributed by atoms with Gasteiger partial charge in [0.25, 0.3) is 5.91 Å². The minimum atomic E-state index is -4.39. The number of ether oxygens (including phenoxy) is 1. The molecule has 0 unspecified atom stereocenters. The van der Waals surface area contributed by atoms with Gasteiger partial charge < -0.3 is 15.4 Å². The van der Waals surface area contributed by atoms with E-state index in [1.807, 2.05) is 0 Å². The second kappa shape index (κ2) is 8.12. The monoisotopic (exact) mass is 407 g/mol. The van der Waals surface area contributed by atoms with Gasteiger partial charge in [0.05, 0.1) is 24.3 Å². The highest BCUT2D eigenvalue weighted by atomic mass is 19.4. The van der Waals surface area contributed by atoms with E-state index in [2.05, 4.69) is 0 Å². The van der Waals surface area contributed by atoms with Crippen molar-refractivity contribution in [2.24, 2.45) is 5.73 Å². The molecule has 0 saturated carbocycles. The summed E-state index contributed by atoms with van der Waals surface area (Å²) in [5.41, 5.74) is 5.80. The van der Waals surface area contributed by atoms with Crippen LogP contribution in [0.25, 0.3) is 0 Å². The smallest absolute Gasteiger partial charge is 0.416 e. The van der Waals surface area contributed by atoms with Gasteiger partial charge in [-0.15, -0.1) is 0 Å². The molecule has 2 N–H and O–H groups in total. The highest BCUT2D eigenvalue weighted by molar-refractivity contribution is 5.98. The number of alkyl halides is 3. The fourth-order valence-corrected chi connectivity index (χ4v) is 3.10. The van der Waals surface area contributed by atoms with Crippen LogP contribution in [0, 0.1) is 0 Å². The van der Waals surface area contributed by atoms with Gasteiger partial charge in [0.1, 0.15) is 5.75 Å². The number of halogens is 3. The molecule has 0 aromatic heterocycles. The summed E-state index contributed by atoms with van der Waals surface area (Å²) < 4.78 is 43.5. The third-order valence-corrected chi connectivity index (χ3v) is 4.53. The number of hydrogen-bond donors (Lipinski definition) is 1. The number of para-hydroxylation sites is 2. The van der Waals surface area contributed by atoms with Crippen molar-refractivity contribution in [3.8, 4) is 5.75 Å². The van der Waals surface area contributed by atoms with Gasteiger partial charge in [-0.05, 0) is 36.9 Å². The molecule has 0 bridgehead atoms. The van der Waals surface area contributed by atoms with Gasteiger partial charge >= 0.3 is 6.18 Å². The first-order valence-electron chi connectivity index (χ1n) is 8.85. The van der Waals surface area contributed by atoms with Gasteiger partial charge in [-0.3, -0.25) is 14.5 Å². The number of fused-ring (bicyclic) bond motifs is 1. The van der Waals surface area contributed by atoms with E-state index in [1.165, 1.54) is 17.0 Å². The largest absolute Gasteiger partial charge is 0.477 e. The number of nitrogens with zero attached hydrogens (tertiary/aromatic N) is 2. The normalized spacial score (nSPS) is 16.3. The Kier molecular flexibility index (Phi) is 5.78. The molecule has 0 spiro atoms. The molecule has 0 saturated heterocycles. The second-order valence-electron chi connectivity index (χ2n) is 6.85. The Hall–Kier alpha value is -3.07. The van der Waals surface area contributed by atoms with Crippen molar-refractivity contribution in [1.82, 2.24) is 4.90 Å². The van der Waals surface area contributed by atoms with Gasteiger partial charge in [-0.2, -0.15) is 13.2 Å². The average molecular weight is 407 g/mol. The van der Waals surface area contributed by atoms with E-state index in [4.69, 9.17) is 10.5 Å². The first-order chi connectivity index (χ1) is 13.6. The lowest BCUT2D eigenvalue weighted by molar-refractivity contribution is -0.137. The summed E-state index contributed by atoms with van der Waals surface area (Å²) in [6, 6.07) is 11.6. The molecule has 0 radical (unpaired) electrons. The number of nitrogens with two attached hydrogens (primary N) is 1. The quantitative estimate of drug-likeness (QED) is 0.826. The third-order valence-electron chi connectivity index (χ3n) is 4.53. The van der Waals surface area contributed by atoms with Gasteiger partial charge in [0.2, 0.25) is 5.91 Å². The van der Waals surface area contributed by atoms with Crippen LogP contribution in [-0.4, -0.2) is 43.0 Å². The van der Waals surface area contributed by atoms with E-state index in [0.29, 0.717) is 17.0 Å². The number of likely N-dealkylation sites (N-methyl/N-ethyl adjacent to an activating group) is 1. The lowest BCUT2D eigenvalue weighted by Gasteiger charge is -2.34. The van der Waals surface area contributed by atoms with Crippen LogP contribution in [0.15, 0.2) is 48.5 Å². The van der Waals surface area contributed by atoms with Crippen molar-refractivity contribution in [2.45, 2.75) is 18.8 Å². The number of anilines is 1. The molecule has 1 aliphatic rings. The number of primary amides is 1. The Balaban J connectivity index is 1.68. The molecular weight excluding hydrogens is 387 g/mol. The van der Waals surface area contributed by atoms with Gasteiger partial charge in [0.15, 0.2) is 6.10 Å². The maximum Gasteiger partial charge on any atom is 0.416 e. The molecule has 154 valence electrons. The fourth-order valence-electron chi connectivity index (χ4n) is 3.10. The van der Waals surface area contributed by atoms with Crippen LogP contribution < -0.4 is 15.4 Å². The highest BCUT2D eigenvalue weighted by Crippen LogP contribution is 2.33. The van der Waals surface area contributed by atoms with Crippen LogP contribution in [-0.2, 0) is 22.3 Å². The van der Waals surface area contributed by atoms with E-state index in [1.54, 1.807) is 36.2 Å². The van der Waals surface area contributed by atoms with Crippen molar-refractivity contribution in [2.75, 3.05) is 25.0 Å². The molecule has 2 amide bonds. The zero-order chi connectivity index (χ0) is 21.2. The Labute approximate surface area is 165 Å². The Bertz CT molecular complexity index is 900. The Morgan fingerprint density at radius 3 is 2.45 bits per heavy atom. The zero-order valence-electron chi connectivity index (χ0n) is 15.6. The van der Waals surface area contributed by atoms with Gasteiger partial charge in [-0.1, -0.05) is 24.3 Å². The summed E-state index contributed by atoms with van der Waals surface area (Å²) in [4.78, 5) is 27.5. The molecule has 0 aliphatic carbocycles. The Morgan fingerprint density at radius 1 is 1.17 bits per heavy atom. The second-order valence-corrected chi connectivity index (χ2v) is 6.85. The SMILES string of the molecule is CN(CC(=O)N1C[C@H](C(N)=O)Oc2ccccc21)Cc1ccc(C(F)(F)F)cc1. The van der Waals surface area contributed by atoms with E-state index < -0.39 is 23.8 Å². The summed E-state index contributed by atoms with van der Waals surface area (Å²) in [7, 11) is 1.69. The predicted molar refractivity (Wildman–Crippen MR) is 100 cm³/mol. The fraction of sp³-hybridized carbons (Fsp3) is 0.300. The van der Waals surface area contributed by atoms with Gasteiger partial charge in [-0.25, -0.2) is 0 Å². The summed E-state index contributed by atoms with van der Waals surface area (Å²) in [6.45, 7) is 0.287. The Morgan fingerprint density at radius 2 is 1.83 bits per heavy atom. The molecule has 3 rings (SSSR count). The van der Waals surface area contributed by atoms with Crippen LogP contribution in [0.2, 0.25) is 0 Å². The maximum absolute atomic E-state index is 12.8. The first kappa shape index (κ1) is 20.7. The first-order valence-corrected chi connectivity index (χ1v) is 8.85. The predicted octanol–water partition coefficient (Wildman–Crippen LogP) is 2.42. The van der Waals surface area contributed by atoms with E-state index in [0.717, 1.165) is 12.1 Å². The third kappa shape index (κ3) is 4.86. The molecule has 1 atom stereocenters. The van der Waals surface area contributed by atoms with Crippen molar-refractivity contribution in [3.63, 3.8) is 0 Å². The lowest BCUT2D eigenvalue weighted by atomic mass is 10.1. The highest BCUT2D eigenvalue weighted by Gasteiger charge is 2.33. The van der Waals surface area contributed by atoms with Crippen LogP contribution in [0.4, 0.5) is 18.9 Å². The van der Waals surface area contributed by atoms with Crippen molar-refractivity contribution in [1.29, 1.82) is 0 Å². The van der Waals surface area contributed by atoms with Crippen molar-refractivity contribution in [3.05, 3.63) is 59.7 Å². The number of rotatable bonds is 5. The van der Waals surface area contributed by atoms with Crippen LogP contribution in [0.5, 0.6) is 5.75 Å². The van der Waals surface area contributed by atoms with E-state index in [-0.39, 0.29) is 25.5 Å². The lowest BCUT2D eigenvalue weighted by Crippen LogP contribution is -2.51. The molecule has 1 aliphatic heterocycles. The number of amides is 2. The molecule has 0 fully saturated rings. The topological polar surface area (TPSA) is 75.9 Å². The summed E-state index contributed by atoms with van der Waals surface area (Å²) in [5, 5.41) is 0. The maximum atomic E-state index is 12.8. The van der Waals surface area contributed by atoms with Crippen LogP contribution in [0.3, 0.4) is 0 Å². The molecular formula is C20H20F3N3O3. The van der Waals surface area contributed by atoms with Crippen molar-refractivity contribution < 1.29 is 27.5 Å². The number of hydrogen-bond acceptors (Lipinski definition) is 4. The van der Waals surface area contributed by atoms with E-state index in [9.17, 15) is 22.8 Å². The van der Waals surface area contributed by atoms with Crippen LogP contribution >= 0.6 is 0 Å². The summed E-state index contributed by atoms with van der Waals surface area (Å²) >= 11 is 0. The standard InChI is InChI=1S/C20H20F3N3O3/c1-25(10-13-6-8-14(9-7-13)20(21,22)23)12-18(27)26-11-17(19(24)28)29-16-5-3-2-4-15(16)26/h2-9,17H,10-12H2,1H3,(H2,24,28)/t17-/m1/s1. The molecule has 1 heterocycles. The molecule has 2 aromatic rings. The zero-order valence-corrected chi connectivity index (χ0v) is 15.6. The average Bonchev–Trinajstić information content (AvgIpc) is 2.66. The number of carbonyl (C=O) groups excluding carboxylic acids is 2. The number of carbonyl (C=O) groups is 2. The molecule has 2 aromatic carbocycles. The minimum Gasteiger partial charge on any atom is -0.477 e. The van der Waals surface area contributed by atoms with Crippen LogP contribution in [0.1, 0.15) is 11.1 Å².